The van der Waals surface area contributed by atoms with Crippen LogP contribution in [-0.4, -0.2) is 13.1 Å². The molecule has 0 spiro atoms. The summed E-state index contributed by atoms with van der Waals surface area (Å²) in [7, 11) is 1.53. The number of methoxy groups -OCH3 is 1. The molecule has 0 bridgehead atoms. The average molecular weight is 202 g/mol. The van der Waals surface area contributed by atoms with E-state index in [1.165, 1.54) is 7.11 Å². The maximum Gasteiger partial charge on any atom is 0.118 e. The number of rotatable bonds is 3. The number of carboxylic acid groups (broad SMARTS) is 1. The molecule has 0 heterocycles. The molecule has 0 aliphatic carbocycles. The predicted octanol–water partition coefficient (Wildman–Crippen LogP) is 0.352. The number of benzene rings is 1. The molecule has 0 unspecified atom stereocenters. The third-order valence-electron chi connectivity index (χ3n) is 1.78. The standard InChI is InChI=1S/C11H9NO3/c1-15-10-4-2-8(3-5-10)9(7-12)6-11(13)14/h2-6H,1H3,(H,13,14)/p-1/b9-6+. The molecule has 15 heavy (non-hydrogen) atoms. The van der Waals surface area contributed by atoms with E-state index in [2.05, 4.69) is 0 Å². The minimum absolute atomic E-state index is 0.0534. The summed E-state index contributed by atoms with van der Waals surface area (Å²) in [6, 6.07) is 8.30. The summed E-state index contributed by atoms with van der Waals surface area (Å²) >= 11 is 0. The number of allylic oxidation sites excluding steroid dienone is 1. The molecule has 0 amide bonds. The van der Waals surface area contributed by atoms with Crippen LogP contribution in [0.25, 0.3) is 5.57 Å². The number of nitrogens with zero attached hydrogens (tertiary/aromatic N) is 1. The molecule has 0 aromatic heterocycles. The number of ether oxygens (including phenoxy) is 1. The number of nitriles is 1. The lowest BCUT2D eigenvalue weighted by molar-refractivity contribution is -0.297. The summed E-state index contributed by atoms with van der Waals surface area (Å²) in [5, 5.41) is 19.0. The van der Waals surface area contributed by atoms with E-state index < -0.39 is 5.97 Å². The molecule has 1 aromatic carbocycles. The van der Waals surface area contributed by atoms with Crippen molar-refractivity contribution in [2.24, 2.45) is 0 Å². The highest BCUT2D eigenvalue weighted by Gasteiger charge is 2.00. The van der Waals surface area contributed by atoms with Gasteiger partial charge < -0.3 is 14.6 Å². The third-order valence-corrected chi connectivity index (χ3v) is 1.78. The molecule has 0 saturated carbocycles. The van der Waals surface area contributed by atoms with Gasteiger partial charge in [-0.3, -0.25) is 0 Å². The molecule has 4 heteroatoms. The Hall–Kier alpha value is -2.28. The Bertz CT molecular complexity index is 426. The molecule has 0 aliphatic rings. The Labute approximate surface area is 87.0 Å². The Morgan fingerprint density at radius 2 is 2.07 bits per heavy atom. The van der Waals surface area contributed by atoms with Gasteiger partial charge in [-0.25, -0.2) is 0 Å². The summed E-state index contributed by atoms with van der Waals surface area (Å²) in [5.74, 6) is -0.744. The van der Waals surface area contributed by atoms with Crippen molar-refractivity contribution >= 4 is 11.5 Å². The zero-order chi connectivity index (χ0) is 11.3. The summed E-state index contributed by atoms with van der Waals surface area (Å²) in [6.07, 6.45) is 0.766. The fourth-order valence-electron chi connectivity index (χ4n) is 1.07. The quantitative estimate of drug-likeness (QED) is 0.523. The summed E-state index contributed by atoms with van der Waals surface area (Å²) in [4.78, 5) is 10.3. The lowest BCUT2D eigenvalue weighted by Crippen LogP contribution is -2.19. The average Bonchev–Trinajstić information content (AvgIpc) is 2.26. The zero-order valence-corrected chi connectivity index (χ0v) is 8.06. The van der Waals surface area contributed by atoms with Gasteiger partial charge in [0.25, 0.3) is 0 Å². The van der Waals surface area contributed by atoms with Crippen LogP contribution >= 0.6 is 0 Å². The first-order valence-corrected chi connectivity index (χ1v) is 4.14. The van der Waals surface area contributed by atoms with Gasteiger partial charge >= 0.3 is 0 Å². The number of carbonyl (C=O) groups is 1. The summed E-state index contributed by atoms with van der Waals surface area (Å²) in [5.41, 5.74) is 0.570. The van der Waals surface area contributed by atoms with Gasteiger partial charge in [0.15, 0.2) is 0 Å². The molecule has 0 aliphatic heterocycles. The topological polar surface area (TPSA) is 73.1 Å². The van der Waals surface area contributed by atoms with Crippen LogP contribution in [0.3, 0.4) is 0 Å². The first-order valence-electron chi connectivity index (χ1n) is 4.14. The largest absolute Gasteiger partial charge is 0.545 e. The fraction of sp³-hybridized carbons (Fsp3) is 0.0909. The smallest absolute Gasteiger partial charge is 0.118 e. The number of hydrogen-bond acceptors (Lipinski definition) is 4. The van der Waals surface area contributed by atoms with E-state index in [1.54, 1.807) is 30.3 Å². The van der Waals surface area contributed by atoms with Gasteiger partial charge in [-0.2, -0.15) is 5.26 Å². The van der Waals surface area contributed by atoms with Crippen LogP contribution in [-0.2, 0) is 4.79 Å². The van der Waals surface area contributed by atoms with Crippen LogP contribution in [0.4, 0.5) is 0 Å². The molecular formula is C11H8NO3-. The summed E-state index contributed by atoms with van der Waals surface area (Å²) < 4.78 is 4.93. The van der Waals surface area contributed by atoms with Crippen LogP contribution < -0.4 is 9.84 Å². The SMILES string of the molecule is COc1ccc(/C(C#N)=C/C(=O)[O-])cc1. The van der Waals surface area contributed by atoms with Crippen LogP contribution in [0.5, 0.6) is 5.75 Å². The molecule has 1 rings (SSSR count). The maximum absolute atomic E-state index is 10.3. The highest BCUT2D eigenvalue weighted by molar-refractivity contribution is 5.93. The molecule has 4 nitrogen and oxygen atoms in total. The van der Waals surface area contributed by atoms with E-state index in [0.717, 1.165) is 6.08 Å². The number of hydrogen-bond donors (Lipinski definition) is 0. The van der Waals surface area contributed by atoms with Gasteiger partial charge in [-0.05, 0) is 35.9 Å². The van der Waals surface area contributed by atoms with E-state index >= 15 is 0 Å². The second-order valence-corrected chi connectivity index (χ2v) is 2.72. The molecular weight excluding hydrogens is 194 g/mol. The molecule has 0 atom stereocenters. The normalized spacial score (nSPS) is 10.5. The van der Waals surface area contributed by atoms with E-state index in [1.807, 2.05) is 0 Å². The van der Waals surface area contributed by atoms with Crippen molar-refractivity contribution < 1.29 is 14.6 Å². The molecule has 0 radical (unpaired) electrons. The Morgan fingerprint density at radius 3 is 2.47 bits per heavy atom. The first-order chi connectivity index (χ1) is 7.17. The predicted molar refractivity (Wildman–Crippen MR) is 51.6 cm³/mol. The minimum Gasteiger partial charge on any atom is -0.545 e. The van der Waals surface area contributed by atoms with Crippen molar-refractivity contribution in [3.05, 3.63) is 35.9 Å². The van der Waals surface area contributed by atoms with Crippen LogP contribution in [0.15, 0.2) is 30.3 Å². The van der Waals surface area contributed by atoms with Gasteiger partial charge in [0.05, 0.1) is 24.7 Å². The molecule has 0 saturated heterocycles. The van der Waals surface area contributed by atoms with E-state index in [0.29, 0.717) is 11.3 Å². The van der Waals surface area contributed by atoms with Crippen LogP contribution in [0.1, 0.15) is 5.56 Å². The van der Waals surface area contributed by atoms with Crippen molar-refractivity contribution in [2.45, 2.75) is 0 Å². The lowest BCUT2D eigenvalue weighted by Gasteiger charge is -2.02. The third kappa shape index (κ3) is 2.85. The highest BCUT2D eigenvalue weighted by atomic mass is 16.5. The van der Waals surface area contributed by atoms with Crippen molar-refractivity contribution in [3.8, 4) is 11.8 Å². The molecule has 76 valence electrons. The van der Waals surface area contributed by atoms with E-state index in [-0.39, 0.29) is 5.57 Å². The molecule has 0 fully saturated rings. The Balaban J connectivity index is 3.05. The van der Waals surface area contributed by atoms with Crippen molar-refractivity contribution in [2.75, 3.05) is 7.11 Å². The number of carboxylic acids is 1. The van der Waals surface area contributed by atoms with Crippen LogP contribution in [0.2, 0.25) is 0 Å². The van der Waals surface area contributed by atoms with Crippen LogP contribution in [0, 0.1) is 11.3 Å². The van der Waals surface area contributed by atoms with Crippen molar-refractivity contribution in [1.29, 1.82) is 5.26 Å². The van der Waals surface area contributed by atoms with Gasteiger partial charge in [0.2, 0.25) is 0 Å². The first kappa shape index (κ1) is 10.8. The maximum atomic E-state index is 10.3. The molecule has 1 aromatic rings. The highest BCUT2D eigenvalue weighted by Crippen LogP contribution is 2.17. The number of carbonyl (C=O) groups excluding carboxylic acids is 1. The minimum atomic E-state index is -1.39. The molecule has 0 N–H and O–H groups in total. The second-order valence-electron chi connectivity index (χ2n) is 2.72. The summed E-state index contributed by atoms with van der Waals surface area (Å²) in [6.45, 7) is 0. The van der Waals surface area contributed by atoms with Crippen molar-refractivity contribution in [1.82, 2.24) is 0 Å². The zero-order valence-electron chi connectivity index (χ0n) is 8.06. The van der Waals surface area contributed by atoms with E-state index in [4.69, 9.17) is 10.00 Å². The monoisotopic (exact) mass is 202 g/mol. The second kappa shape index (κ2) is 4.82. The van der Waals surface area contributed by atoms with Gasteiger partial charge in [0.1, 0.15) is 5.75 Å². The Kier molecular flexibility index (Phi) is 3.47. The van der Waals surface area contributed by atoms with Crippen molar-refractivity contribution in [3.63, 3.8) is 0 Å². The van der Waals surface area contributed by atoms with Gasteiger partial charge in [0, 0.05) is 0 Å². The van der Waals surface area contributed by atoms with E-state index in [9.17, 15) is 9.90 Å². The lowest BCUT2D eigenvalue weighted by atomic mass is 10.1. The Morgan fingerprint density at radius 1 is 1.47 bits per heavy atom. The number of aliphatic carboxylic acids is 1. The van der Waals surface area contributed by atoms with Gasteiger partial charge in [-0.15, -0.1) is 0 Å². The fourth-order valence-corrected chi connectivity index (χ4v) is 1.07. The van der Waals surface area contributed by atoms with Gasteiger partial charge in [-0.1, -0.05) is 0 Å².